The van der Waals surface area contributed by atoms with E-state index in [2.05, 4.69) is 15.5 Å². The smallest absolute Gasteiger partial charge is 0.241 e. The Kier molecular flexibility index (Phi) is 3.90. The van der Waals surface area contributed by atoms with Crippen molar-refractivity contribution in [1.29, 1.82) is 0 Å². The Morgan fingerprint density at radius 2 is 2.06 bits per heavy atom. The summed E-state index contributed by atoms with van der Waals surface area (Å²) in [5.41, 5.74) is 0.873. The van der Waals surface area contributed by atoms with Crippen molar-refractivity contribution in [1.82, 2.24) is 15.1 Å². The van der Waals surface area contributed by atoms with Crippen LogP contribution in [0, 0.1) is 6.92 Å². The van der Waals surface area contributed by atoms with Crippen molar-refractivity contribution in [2.24, 2.45) is 0 Å². The number of anilines is 1. The predicted octanol–water partition coefficient (Wildman–Crippen LogP) is 1.21. The number of hydrogen-bond donors (Lipinski definition) is 1. The molecule has 0 radical (unpaired) electrons. The molecule has 0 saturated carbocycles. The average molecular weight is 234 g/mol. The topological polar surface area (TPSA) is 58.1 Å². The van der Waals surface area contributed by atoms with Gasteiger partial charge in [0.05, 0.1) is 12.2 Å². The van der Waals surface area contributed by atoms with Crippen LogP contribution in [0.4, 0.5) is 5.82 Å². The Labute approximate surface area is 101 Å². The molecule has 0 atom stereocenters. The van der Waals surface area contributed by atoms with Gasteiger partial charge in [0.25, 0.3) is 0 Å². The molecular formula is C12H18N4O. The highest BCUT2D eigenvalue weighted by Gasteiger charge is 2.15. The summed E-state index contributed by atoms with van der Waals surface area (Å²) in [5.74, 6) is 0.799. The van der Waals surface area contributed by atoms with Gasteiger partial charge in [-0.2, -0.15) is 5.10 Å². The fraction of sp³-hybridized carbons (Fsp3) is 0.583. The van der Waals surface area contributed by atoms with Crippen LogP contribution in [0.25, 0.3) is 0 Å². The molecule has 1 aliphatic heterocycles. The number of hydrogen-bond acceptors (Lipinski definition) is 4. The number of aryl methyl sites for hydroxylation is 1. The molecule has 1 aromatic rings. The molecule has 5 heteroatoms. The lowest BCUT2D eigenvalue weighted by Gasteiger charge is -2.26. The molecule has 92 valence electrons. The average Bonchev–Trinajstić information content (AvgIpc) is 2.39. The molecule has 0 aliphatic carbocycles. The molecule has 1 saturated heterocycles. The van der Waals surface area contributed by atoms with E-state index in [4.69, 9.17) is 0 Å². The van der Waals surface area contributed by atoms with Gasteiger partial charge in [0.15, 0.2) is 0 Å². The second-order valence-electron chi connectivity index (χ2n) is 4.35. The highest BCUT2D eigenvalue weighted by Crippen LogP contribution is 2.09. The highest BCUT2D eigenvalue weighted by molar-refractivity contribution is 5.80. The van der Waals surface area contributed by atoms with Crippen molar-refractivity contribution >= 4 is 11.7 Å². The van der Waals surface area contributed by atoms with E-state index in [0.29, 0.717) is 12.4 Å². The van der Waals surface area contributed by atoms with Crippen molar-refractivity contribution in [2.45, 2.75) is 26.2 Å². The predicted molar refractivity (Wildman–Crippen MR) is 65.7 cm³/mol. The summed E-state index contributed by atoms with van der Waals surface area (Å²) in [6.45, 7) is 3.97. The second-order valence-corrected chi connectivity index (χ2v) is 4.35. The molecule has 0 spiro atoms. The summed E-state index contributed by atoms with van der Waals surface area (Å²) in [7, 11) is 0. The van der Waals surface area contributed by atoms with Gasteiger partial charge in [-0.1, -0.05) is 0 Å². The normalized spacial score (nSPS) is 15.7. The Balaban J connectivity index is 1.81. The van der Waals surface area contributed by atoms with E-state index >= 15 is 0 Å². The summed E-state index contributed by atoms with van der Waals surface area (Å²) < 4.78 is 0. The minimum Gasteiger partial charge on any atom is -0.360 e. The lowest BCUT2D eigenvalue weighted by molar-refractivity contribution is -0.130. The van der Waals surface area contributed by atoms with E-state index in [1.165, 1.54) is 6.42 Å². The third-order valence-corrected chi connectivity index (χ3v) is 2.93. The number of nitrogens with one attached hydrogen (secondary N) is 1. The molecule has 5 nitrogen and oxygen atoms in total. The third-order valence-electron chi connectivity index (χ3n) is 2.93. The molecule has 0 bridgehead atoms. The number of piperidine rings is 1. The molecule has 0 aromatic carbocycles. The van der Waals surface area contributed by atoms with E-state index in [0.717, 1.165) is 31.6 Å². The van der Waals surface area contributed by atoms with E-state index in [1.54, 1.807) is 0 Å². The summed E-state index contributed by atoms with van der Waals surface area (Å²) in [6, 6.07) is 3.71. The maximum Gasteiger partial charge on any atom is 0.241 e. The Morgan fingerprint density at radius 1 is 1.29 bits per heavy atom. The zero-order valence-electron chi connectivity index (χ0n) is 10.1. The largest absolute Gasteiger partial charge is 0.360 e. The van der Waals surface area contributed by atoms with Crippen LogP contribution >= 0.6 is 0 Å². The van der Waals surface area contributed by atoms with E-state index < -0.39 is 0 Å². The molecular weight excluding hydrogens is 216 g/mol. The first kappa shape index (κ1) is 11.8. The van der Waals surface area contributed by atoms with Gasteiger partial charge < -0.3 is 10.2 Å². The lowest BCUT2D eigenvalue weighted by atomic mass is 10.1. The molecule has 1 aliphatic rings. The molecule has 1 N–H and O–H groups in total. The zero-order valence-corrected chi connectivity index (χ0v) is 10.1. The Bertz CT molecular complexity index is 371. The van der Waals surface area contributed by atoms with Crippen LogP contribution in [0.1, 0.15) is 25.0 Å². The minimum absolute atomic E-state index is 0.145. The molecule has 1 fully saturated rings. The molecule has 0 unspecified atom stereocenters. The highest BCUT2D eigenvalue weighted by atomic mass is 16.2. The first-order valence-corrected chi connectivity index (χ1v) is 6.08. The molecule has 2 heterocycles. The van der Waals surface area contributed by atoms with E-state index in [9.17, 15) is 4.79 Å². The van der Waals surface area contributed by atoms with Gasteiger partial charge in [0.1, 0.15) is 5.82 Å². The van der Waals surface area contributed by atoms with Crippen LogP contribution in [-0.4, -0.2) is 40.6 Å². The van der Waals surface area contributed by atoms with Crippen LogP contribution in [0.15, 0.2) is 12.1 Å². The number of aromatic nitrogens is 2. The van der Waals surface area contributed by atoms with E-state index in [-0.39, 0.29) is 5.91 Å². The summed E-state index contributed by atoms with van der Waals surface area (Å²) in [6.07, 6.45) is 3.48. The van der Waals surface area contributed by atoms with Crippen LogP contribution < -0.4 is 5.32 Å². The van der Waals surface area contributed by atoms with Crippen molar-refractivity contribution in [2.75, 3.05) is 25.0 Å². The minimum atomic E-state index is 0.145. The van der Waals surface area contributed by atoms with Gasteiger partial charge in [-0.15, -0.1) is 5.10 Å². The molecule has 2 rings (SSSR count). The fourth-order valence-electron chi connectivity index (χ4n) is 1.91. The SMILES string of the molecule is Cc1ccc(NCC(=O)N2CCCCC2)nn1. The molecule has 17 heavy (non-hydrogen) atoms. The van der Waals surface area contributed by atoms with E-state index in [1.807, 2.05) is 24.0 Å². The maximum atomic E-state index is 11.9. The quantitative estimate of drug-likeness (QED) is 0.854. The van der Waals surface area contributed by atoms with Gasteiger partial charge in [0, 0.05) is 13.1 Å². The lowest BCUT2D eigenvalue weighted by Crippen LogP contribution is -2.39. The van der Waals surface area contributed by atoms with Gasteiger partial charge in [-0.25, -0.2) is 0 Å². The van der Waals surface area contributed by atoms with Gasteiger partial charge in [-0.3, -0.25) is 4.79 Å². The number of carbonyl (C=O) groups excluding carboxylic acids is 1. The van der Waals surface area contributed by atoms with Crippen molar-refractivity contribution in [3.63, 3.8) is 0 Å². The van der Waals surface area contributed by atoms with Crippen LogP contribution in [0.2, 0.25) is 0 Å². The maximum absolute atomic E-state index is 11.9. The number of amides is 1. The first-order chi connectivity index (χ1) is 8.25. The number of rotatable bonds is 3. The van der Waals surface area contributed by atoms with Crippen molar-refractivity contribution < 1.29 is 4.79 Å². The number of likely N-dealkylation sites (tertiary alicyclic amines) is 1. The fourth-order valence-corrected chi connectivity index (χ4v) is 1.91. The Morgan fingerprint density at radius 3 is 2.71 bits per heavy atom. The molecule has 1 amide bonds. The molecule has 1 aromatic heterocycles. The first-order valence-electron chi connectivity index (χ1n) is 6.08. The standard InChI is InChI=1S/C12H18N4O/c1-10-5-6-11(15-14-10)13-9-12(17)16-7-3-2-4-8-16/h5-6H,2-4,7-9H2,1H3,(H,13,15). The van der Waals surface area contributed by atoms with Gasteiger partial charge >= 0.3 is 0 Å². The van der Waals surface area contributed by atoms with Gasteiger partial charge in [-0.05, 0) is 38.3 Å². The van der Waals surface area contributed by atoms with Crippen LogP contribution in [0.5, 0.6) is 0 Å². The summed E-state index contributed by atoms with van der Waals surface area (Å²) in [5, 5.41) is 10.9. The van der Waals surface area contributed by atoms with Gasteiger partial charge in [0.2, 0.25) is 5.91 Å². The van der Waals surface area contributed by atoms with Crippen LogP contribution in [0.3, 0.4) is 0 Å². The van der Waals surface area contributed by atoms with Crippen LogP contribution in [-0.2, 0) is 4.79 Å². The van der Waals surface area contributed by atoms with Crippen molar-refractivity contribution in [3.8, 4) is 0 Å². The number of carbonyl (C=O) groups is 1. The summed E-state index contributed by atoms with van der Waals surface area (Å²) >= 11 is 0. The van der Waals surface area contributed by atoms with Crippen molar-refractivity contribution in [3.05, 3.63) is 17.8 Å². The number of nitrogens with zero attached hydrogens (tertiary/aromatic N) is 3. The third kappa shape index (κ3) is 3.41. The Hall–Kier alpha value is -1.65. The monoisotopic (exact) mass is 234 g/mol. The second kappa shape index (κ2) is 5.61. The summed E-state index contributed by atoms with van der Waals surface area (Å²) in [4.78, 5) is 13.8. The zero-order chi connectivity index (χ0) is 12.1.